The zero-order valence-electron chi connectivity index (χ0n) is 22.0. The molecule has 0 bridgehead atoms. The maximum atomic E-state index is 12.4. The number of aryl methyl sites for hydroxylation is 1. The minimum Gasteiger partial charge on any atom is -0.484 e. The number of benzene rings is 3. The van der Waals surface area contributed by atoms with Crippen LogP contribution in [0.15, 0.2) is 72.8 Å². The fourth-order valence-corrected chi connectivity index (χ4v) is 4.83. The van der Waals surface area contributed by atoms with Crippen LogP contribution in [0.5, 0.6) is 5.75 Å². The average Bonchev–Trinajstić information content (AvgIpc) is 3.26. The van der Waals surface area contributed by atoms with Crippen molar-refractivity contribution in [2.45, 2.75) is 13.0 Å². The van der Waals surface area contributed by atoms with Crippen molar-refractivity contribution < 1.29 is 14.5 Å². The highest BCUT2D eigenvalue weighted by Crippen LogP contribution is 2.21. The maximum absolute atomic E-state index is 12.4. The minimum absolute atomic E-state index is 0.0313. The number of amides is 1. The molecule has 0 saturated carbocycles. The van der Waals surface area contributed by atoms with Crippen LogP contribution in [-0.4, -0.2) is 69.5 Å². The second kappa shape index (κ2) is 12.1. The molecule has 1 N–H and O–H groups in total. The molecule has 10 heteroatoms. The molecule has 0 unspecified atom stereocenters. The van der Waals surface area contributed by atoms with Crippen molar-refractivity contribution in [2.24, 2.45) is 7.05 Å². The Kier molecular flexibility index (Phi) is 8.14. The predicted octanol–water partition coefficient (Wildman–Crippen LogP) is 3.86. The number of ether oxygens (including phenoxy) is 1. The van der Waals surface area contributed by atoms with Gasteiger partial charge < -0.3 is 19.5 Å². The van der Waals surface area contributed by atoms with Gasteiger partial charge in [-0.25, -0.2) is 4.98 Å². The summed E-state index contributed by atoms with van der Waals surface area (Å²) in [7, 11) is 2.03. The molecule has 1 saturated heterocycles. The number of nitro benzene ring substituents is 1. The normalized spacial score (nSPS) is 14.4. The van der Waals surface area contributed by atoms with Gasteiger partial charge in [-0.1, -0.05) is 30.3 Å². The van der Waals surface area contributed by atoms with Crippen molar-refractivity contribution in [3.8, 4) is 5.75 Å². The molecule has 1 aliphatic heterocycles. The van der Waals surface area contributed by atoms with Gasteiger partial charge >= 0.3 is 0 Å². The van der Waals surface area contributed by atoms with Crippen LogP contribution in [0.4, 0.5) is 11.4 Å². The Balaban J connectivity index is 1.11. The van der Waals surface area contributed by atoms with E-state index in [1.807, 2.05) is 25.2 Å². The Bertz CT molecular complexity index is 1430. The largest absolute Gasteiger partial charge is 0.484 e. The number of fused-ring (bicyclic) bond motifs is 1. The van der Waals surface area contributed by atoms with E-state index in [0.717, 1.165) is 62.5 Å². The molecule has 1 fully saturated rings. The highest BCUT2D eigenvalue weighted by atomic mass is 16.6. The summed E-state index contributed by atoms with van der Waals surface area (Å²) in [6.45, 7) is 5.98. The van der Waals surface area contributed by atoms with Gasteiger partial charge in [0.25, 0.3) is 11.6 Å². The molecule has 10 nitrogen and oxygen atoms in total. The van der Waals surface area contributed by atoms with Crippen molar-refractivity contribution >= 4 is 28.3 Å². The molecular formula is C29H32N6O4. The monoisotopic (exact) mass is 528 g/mol. The van der Waals surface area contributed by atoms with Crippen molar-refractivity contribution in [1.82, 2.24) is 19.4 Å². The predicted molar refractivity (Wildman–Crippen MR) is 150 cm³/mol. The Morgan fingerprint density at radius 1 is 1.00 bits per heavy atom. The van der Waals surface area contributed by atoms with Crippen molar-refractivity contribution in [2.75, 3.05) is 44.6 Å². The number of rotatable bonds is 10. The lowest BCUT2D eigenvalue weighted by Gasteiger charge is -2.34. The summed E-state index contributed by atoms with van der Waals surface area (Å²) >= 11 is 0. The number of imidazole rings is 1. The summed E-state index contributed by atoms with van der Waals surface area (Å²) in [5.41, 5.74) is 3.81. The molecule has 2 heterocycles. The van der Waals surface area contributed by atoms with E-state index in [1.165, 1.54) is 29.8 Å². The molecule has 3 aromatic carbocycles. The van der Waals surface area contributed by atoms with Crippen LogP contribution >= 0.6 is 0 Å². The van der Waals surface area contributed by atoms with Gasteiger partial charge in [-0.05, 0) is 35.9 Å². The molecule has 5 rings (SSSR count). The molecule has 1 aliphatic rings. The number of carbonyl (C=O) groups excluding carboxylic acids is 1. The van der Waals surface area contributed by atoms with Gasteiger partial charge in [-0.2, -0.15) is 0 Å². The summed E-state index contributed by atoms with van der Waals surface area (Å²) in [6, 6.07) is 21.9. The third kappa shape index (κ3) is 6.78. The number of nitrogens with one attached hydrogen (secondary N) is 1. The van der Waals surface area contributed by atoms with Crippen molar-refractivity contribution in [1.29, 1.82) is 0 Å². The van der Waals surface area contributed by atoms with Gasteiger partial charge in [0.05, 0.1) is 16.0 Å². The van der Waals surface area contributed by atoms with Crippen LogP contribution in [0, 0.1) is 10.1 Å². The lowest BCUT2D eigenvalue weighted by atomic mass is 10.2. The molecule has 0 aliphatic carbocycles. The quantitative estimate of drug-likeness (QED) is 0.246. The fraction of sp³-hybridized carbons (Fsp3) is 0.310. The summed E-state index contributed by atoms with van der Waals surface area (Å²) in [6.07, 6.45) is 0.856. The highest BCUT2D eigenvalue weighted by Gasteiger charge is 2.18. The van der Waals surface area contributed by atoms with Crippen molar-refractivity contribution in [3.05, 3.63) is 94.3 Å². The van der Waals surface area contributed by atoms with Gasteiger partial charge in [0, 0.05) is 70.6 Å². The molecule has 39 heavy (non-hydrogen) atoms. The lowest BCUT2D eigenvalue weighted by molar-refractivity contribution is -0.384. The minimum atomic E-state index is -0.482. The first-order chi connectivity index (χ1) is 18.9. The van der Waals surface area contributed by atoms with Gasteiger partial charge in [-0.15, -0.1) is 0 Å². The SMILES string of the molecule is Cn1c(CCN2CCN(Cc3ccccc3)CC2)nc2cc(NC(=O)COc3ccc([N+](=O)[O-])cc3)ccc21. The second-order valence-electron chi connectivity index (χ2n) is 9.73. The van der Waals surface area contributed by atoms with Crippen LogP contribution in [-0.2, 0) is 24.8 Å². The molecular weight excluding hydrogens is 496 g/mol. The first-order valence-electron chi connectivity index (χ1n) is 13.1. The maximum Gasteiger partial charge on any atom is 0.269 e. The summed E-state index contributed by atoms with van der Waals surface area (Å²) in [5, 5.41) is 13.6. The Labute approximate surface area is 227 Å². The number of nitrogens with zero attached hydrogens (tertiary/aromatic N) is 5. The molecule has 0 radical (unpaired) electrons. The first-order valence-corrected chi connectivity index (χ1v) is 13.1. The number of anilines is 1. The van der Waals surface area contributed by atoms with Gasteiger partial charge in [-0.3, -0.25) is 19.8 Å². The highest BCUT2D eigenvalue weighted by molar-refractivity contribution is 5.94. The Morgan fingerprint density at radius 2 is 1.72 bits per heavy atom. The molecule has 202 valence electrons. The van der Waals surface area contributed by atoms with Crippen molar-refractivity contribution in [3.63, 3.8) is 0 Å². The van der Waals surface area contributed by atoms with E-state index in [9.17, 15) is 14.9 Å². The molecule has 1 amide bonds. The molecule has 4 aromatic rings. The van der Waals surface area contributed by atoms with Crippen LogP contribution < -0.4 is 10.1 Å². The molecule has 1 aromatic heterocycles. The second-order valence-corrected chi connectivity index (χ2v) is 9.73. The van der Waals surface area contributed by atoms with E-state index < -0.39 is 4.92 Å². The zero-order valence-corrected chi connectivity index (χ0v) is 22.0. The van der Waals surface area contributed by atoms with Crippen LogP contribution in [0.1, 0.15) is 11.4 Å². The molecule has 0 atom stereocenters. The number of hydrogen-bond acceptors (Lipinski definition) is 7. The zero-order chi connectivity index (χ0) is 27.2. The van der Waals surface area contributed by atoms with Crippen LogP contribution in [0.25, 0.3) is 11.0 Å². The standard InChI is InChI=1S/C29H32N6O4/c1-32-27-12-7-23(30-29(36)21-39-25-10-8-24(9-11-25)35(37)38)19-26(27)31-28(32)13-14-33-15-17-34(18-16-33)20-22-5-3-2-4-6-22/h2-12,19H,13-18,20-21H2,1H3,(H,30,36). The average molecular weight is 529 g/mol. The number of piperazine rings is 1. The number of non-ortho nitro benzene ring substituents is 1. The van der Waals surface area contributed by atoms with Gasteiger partial charge in [0.2, 0.25) is 0 Å². The van der Waals surface area contributed by atoms with Crippen LogP contribution in [0.2, 0.25) is 0 Å². The van der Waals surface area contributed by atoms with E-state index in [-0.39, 0.29) is 18.2 Å². The molecule has 0 spiro atoms. The fourth-order valence-electron chi connectivity index (χ4n) is 4.83. The van der Waals surface area contributed by atoms with Gasteiger partial charge in [0.15, 0.2) is 6.61 Å². The van der Waals surface area contributed by atoms with Gasteiger partial charge in [0.1, 0.15) is 11.6 Å². The number of carbonyl (C=O) groups is 1. The van der Waals surface area contributed by atoms with E-state index >= 15 is 0 Å². The topological polar surface area (TPSA) is 106 Å². The van der Waals surface area contributed by atoms with E-state index in [2.05, 4.69) is 50.0 Å². The third-order valence-electron chi connectivity index (χ3n) is 7.04. The number of aromatic nitrogens is 2. The lowest BCUT2D eigenvalue weighted by Crippen LogP contribution is -2.46. The summed E-state index contributed by atoms with van der Waals surface area (Å²) in [5.74, 6) is 1.08. The summed E-state index contributed by atoms with van der Waals surface area (Å²) < 4.78 is 7.56. The Morgan fingerprint density at radius 3 is 2.44 bits per heavy atom. The smallest absolute Gasteiger partial charge is 0.269 e. The van der Waals surface area contributed by atoms with E-state index in [4.69, 9.17) is 9.72 Å². The third-order valence-corrected chi connectivity index (χ3v) is 7.04. The summed E-state index contributed by atoms with van der Waals surface area (Å²) in [4.78, 5) is 32.5. The van der Waals surface area contributed by atoms with E-state index in [0.29, 0.717) is 11.4 Å². The Hall–Kier alpha value is -4.28. The first kappa shape index (κ1) is 26.3. The number of nitro groups is 1. The van der Waals surface area contributed by atoms with E-state index in [1.54, 1.807) is 0 Å². The van der Waals surface area contributed by atoms with Crippen LogP contribution in [0.3, 0.4) is 0 Å². The number of hydrogen-bond donors (Lipinski definition) is 1.